The Bertz CT molecular complexity index is 508. The molecule has 1 amide bonds. The first-order valence-corrected chi connectivity index (χ1v) is 5.12. The molecule has 0 aliphatic carbocycles. The van der Waals surface area contributed by atoms with Gasteiger partial charge in [0.2, 0.25) is 0 Å². The number of nitrogen functional groups attached to an aromatic ring is 1. The Balaban J connectivity index is 2.09. The number of carbonyl (C=O) groups is 1. The second-order valence-corrected chi connectivity index (χ2v) is 3.68. The van der Waals surface area contributed by atoms with Crippen LogP contribution >= 0.6 is 0 Å². The SMILES string of the molecule is CN(Cc1ccccn1)C(=O)c1cn[nH]c1N. The number of carbonyl (C=O) groups excluding carboxylic acids is 1. The Labute approximate surface area is 98.5 Å². The first-order valence-electron chi connectivity index (χ1n) is 5.12. The Morgan fingerprint density at radius 3 is 2.94 bits per heavy atom. The largest absolute Gasteiger partial charge is 0.383 e. The van der Waals surface area contributed by atoms with E-state index in [1.165, 1.54) is 6.20 Å². The van der Waals surface area contributed by atoms with Gasteiger partial charge in [-0.1, -0.05) is 6.07 Å². The van der Waals surface area contributed by atoms with Gasteiger partial charge in [0.1, 0.15) is 11.4 Å². The minimum Gasteiger partial charge on any atom is -0.383 e. The predicted molar refractivity (Wildman–Crippen MR) is 63.0 cm³/mol. The van der Waals surface area contributed by atoms with Crippen LogP contribution < -0.4 is 5.73 Å². The molecule has 0 aliphatic heterocycles. The Morgan fingerprint density at radius 2 is 2.35 bits per heavy atom. The highest BCUT2D eigenvalue weighted by Crippen LogP contribution is 2.10. The normalized spacial score (nSPS) is 10.2. The van der Waals surface area contributed by atoms with Crippen molar-refractivity contribution in [2.75, 3.05) is 12.8 Å². The molecule has 2 heterocycles. The average molecular weight is 231 g/mol. The first kappa shape index (κ1) is 11.1. The molecule has 2 rings (SSSR count). The first-order chi connectivity index (χ1) is 8.18. The third-order valence-corrected chi connectivity index (χ3v) is 2.37. The zero-order valence-electron chi connectivity index (χ0n) is 9.42. The van der Waals surface area contributed by atoms with E-state index in [1.54, 1.807) is 18.1 Å². The number of hydrogen-bond donors (Lipinski definition) is 2. The zero-order valence-corrected chi connectivity index (χ0v) is 9.42. The summed E-state index contributed by atoms with van der Waals surface area (Å²) in [6.45, 7) is 0.435. The van der Waals surface area contributed by atoms with Gasteiger partial charge in [-0.15, -0.1) is 0 Å². The molecule has 0 atom stereocenters. The van der Waals surface area contributed by atoms with Gasteiger partial charge in [-0.2, -0.15) is 5.10 Å². The van der Waals surface area contributed by atoms with Crippen molar-refractivity contribution in [1.29, 1.82) is 0 Å². The van der Waals surface area contributed by atoms with E-state index in [9.17, 15) is 4.79 Å². The molecule has 0 aromatic carbocycles. The van der Waals surface area contributed by atoms with Gasteiger partial charge >= 0.3 is 0 Å². The van der Waals surface area contributed by atoms with Crippen molar-refractivity contribution in [3.8, 4) is 0 Å². The number of anilines is 1. The summed E-state index contributed by atoms with van der Waals surface area (Å²) in [5.74, 6) is 0.102. The van der Waals surface area contributed by atoms with Crippen LogP contribution in [0.5, 0.6) is 0 Å². The van der Waals surface area contributed by atoms with E-state index >= 15 is 0 Å². The lowest BCUT2D eigenvalue weighted by Crippen LogP contribution is -2.26. The van der Waals surface area contributed by atoms with Crippen LogP contribution in [0, 0.1) is 0 Å². The third kappa shape index (κ3) is 2.41. The molecule has 0 bridgehead atoms. The lowest BCUT2D eigenvalue weighted by atomic mass is 10.2. The van der Waals surface area contributed by atoms with E-state index in [2.05, 4.69) is 15.2 Å². The van der Waals surface area contributed by atoms with Gasteiger partial charge in [-0.05, 0) is 12.1 Å². The smallest absolute Gasteiger partial charge is 0.259 e. The molecular weight excluding hydrogens is 218 g/mol. The van der Waals surface area contributed by atoms with E-state index in [1.807, 2.05) is 18.2 Å². The summed E-state index contributed by atoms with van der Waals surface area (Å²) in [4.78, 5) is 17.7. The van der Waals surface area contributed by atoms with E-state index in [0.29, 0.717) is 12.1 Å². The standard InChI is InChI=1S/C11H13N5O/c1-16(7-8-4-2-3-5-13-8)11(17)9-6-14-15-10(9)12/h2-6H,7H2,1H3,(H3,12,14,15). The molecular formula is C11H13N5O. The van der Waals surface area contributed by atoms with E-state index in [4.69, 9.17) is 5.73 Å². The van der Waals surface area contributed by atoms with Gasteiger partial charge in [0, 0.05) is 13.2 Å². The molecule has 3 N–H and O–H groups in total. The number of amides is 1. The number of nitrogens with zero attached hydrogens (tertiary/aromatic N) is 3. The number of nitrogens with one attached hydrogen (secondary N) is 1. The fourth-order valence-corrected chi connectivity index (χ4v) is 1.48. The zero-order chi connectivity index (χ0) is 12.3. The van der Waals surface area contributed by atoms with Crippen molar-refractivity contribution < 1.29 is 4.79 Å². The van der Waals surface area contributed by atoms with Crippen LogP contribution in [0.15, 0.2) is 30.6 Å². The highest BCUT2D eigenvalue weighted by molar-refractivity contribution is 5.97. The molecule has 0 spiro atoms. The van der Waals surface area contributed by atoms with Gasteiger partial charge in [0.15, 0.2) is 0 Å². The maximum Gasteiger partial charge on any atom is 0.259 e. The van der Waals surface area contributed by atoms with Gasteiger partial charge < -0.3 is 10.6 Å². The Hall–Kier alpha value is -2.37. The Kier molecular flexibility index (Phi) is 3.04. The van der Waals surface area contributed by atoms with Crippen molar-refractivity contribution in [2.24, 2.45) is 0 Å². The summed E-state index contributed by atoms with van der Waals surface area (Å²) in [6.07, 6.45) is 3.12. The van der Waals surface area contributed by atoms with E-state index in [0.717, 1.165) is 5.69 Å². The van der Waals surface area contributed by atoms with Crippen LogP contribution in [0.25, 0.3) is 0 Å². The molecule has 6 nitrogen and oxygen atoms in total. The molecule has 0 fully saturated rings. The molecule has 88 valence electrons. The second kappa shape index (κ2) is 4.65. The van der Waals surface area contributed by atoms with Crippen molar-refractivity contribution in [2.45, 2.75) is 6.54 Å². The van der Waals surface area contributed by atoms with Crippen LogP contribution in [0.2, 0.25) is 0 Å². The summed E-state index contributed by atoms with van der Waals surface area (Å²) >= 11 is 0. The van der Waals surface area contributed by atoms with Gasteiger partial charge in [0.05, 0.1) is 18.4 Å². The summed E-state index contributed by atoms with van der Waals surface area (Å²) in [7, 11) is 1.70. The molecule has 2 aromatic rings. The molecule has 0 aliphatic rings. The molecule has 0 radical (unpaired) electrons. The maximum absolute atomic E-state index is 12.0. The number of H-pyrrole nitrogens is 1. The highest BCUT2D eigenvalue weighted by atomic mass is 16.2. The van der Waals surface area contributed by atoms with E-state index in [-0.39, 0.29) is 11.7 Å². The highest BCUT2D eigenvalue weighted by Gasteiger charge is 2.16. The maximum atomic E-state index is 12.0. The van der Waals surface area contributed by atoms with Gasteiger partial charge in [0.25, 0.3) is 5.91 Å². The number of aromatic nitrogens is 3. The number of hydrogen-bond acceptors (Lipinski definition) is 4. The minimum absolute atomic E-state index is 0.179. The Morgan fingerprint density at radius 1 is 1.53 bits per heavy atom. The monoisotopic (exact) mass is 231 g/mol. The topological polar surface area (TPSA) is 87.9 Å². The quantitative estimate of drug-likeness (QED) is 0.812. The fraction of sp³-hybridized carbons (Fsp3) is 0.182. The number of pyridine rings is 1. The number of rotatable bonds is 3. The van der Waals surface area contributed by atoms with Gasteiger partial charge in [-0.3, -0.25) is 14.9 Å². The third-order valence-electron chi connectivity index (χ3n) is 2.37. The van der Waals surface area contributed by atoms with Crippen LogP contribution in [-0.2, 0) is 6.54 Å². The van der Waals surface area contributed by atoms with Gasteiger partial charge in [-0.25, -0.2) is 0 Å². The number of nitrogens with two attached hydrogens (primary N) is 1. The van der Waals surface area contributed by atoms with Crippen LogP contribution in [0.4, 0.5) is 5.82 Å². The van der Waals surface area contributed by atoms with Crippen LogP contribution in [0.3, 0.4) is 0 Å². The predicted octanol–water partition coefficient (Wildman–Crippen LogP) is 0.659. The summed E-state index contributed by atoms with van der Waals surface area (Å²) in [5, 5.41) is 6.25. The van der Waals surface area contributed by atoms with Crippen molar-refractivity contribution in [3.63, 3.8) is 0 Å². The molecule has 0 saturated heterocycles. The summed E-state index contributed by atoms with van der Waals surface area (Å²) < 4.78 is 0. The minimum atomic E-state index is -0.179. The van der Waals surface area contributed by atoms with Crippen molar-refractivity contribution >= 4 is 11.7 Å². The molecule has 17 heavy (non-hydrogen) atoms. The molecule has 6 heteroatoms. The van der Waals surface area contributed by atoms with E-state index < -0.39 is 0 Å². The summed E-state index contributed by atoms with van der Waals surface area (Å²) in [5.41, 5.74) is 6.79. The van der Waals surface area contributed by atoms with Crippen LogP contribution in [0.1, 0.15) is 16.1 Å². The molecule has 0 saturated carbocycles. The number of aromatic amines is 1. The molecule has 0 unspecified atom stereocenters. The van der Waals surface area contributed by atoms with Crippen molar-refractivity contribution in [3.05, 3.63) is 41.9 Å². The second-order valence-electron chi connectivity index (χ2n) is 3.68. The lowest BCUT2D eigenvalue weighted by Gasteiger charge is -2.15. The molecule has 2 aromatic heterocycles. The summed E-state index contributed by atoms with van der Waals surface area (Å²) in [6, 6.07) is 5.58. The lowest BCUT2D eigenvalue weighted by molar-refractivity contribution is 0.0784. The average Bonchev–Trinajstić information content (AvgIpc) is 2.76. The van der Waals surface area contributed by atoms with Crippen LogP contribution in [-0.4, -0.2) is 33.0 Å². The van der Waals surface area contributed by atoms with Crippen molar-refractivity contribution in [1.82, 2.24) is 20.1 Å². The fourth-order valence-electron chi connectivity index (χ4n) is 1.48.